The molecule has 2 aliphatic rings. The second-order valence-corrected chi connectivity index (χ2v) is 6.73. The minimum Gasteiger partial charge on any atom is -0.396 e. The molecule has 0 aromatic rings. The van der Waals surface area contributed by atoms with Crippen LogP contribution in [-0.4, -0.2) is 75.2 Å². The van der Waals surface area contributed by atoms with Gasteiger partial charge in [0.15, 0.2) is 5.96 Å². The molecular weight excluding hydrogens is 294 g/mol. The average Bonchev–Trinajstić information content (AvgIpc) is 3.37. The number of rotatable bonds is 9. The van der Waals surface area contributed by atoms with E-state index in [1.165, 1.54) is 0 Å². The van der Waals surface area contributed by atoms with Crippen molar-refractivity contribution in [2.24, 2.45) is 10.4 Å². The molecule has 0 radical (unpaired) electrons. The van der Waals surface area contributed by atoms with E-state index < -0.39 is 0 Å². The first-order valence-electron chi connectivity index (χ1n) is 8.97. The molecule has 0 bridgehead atoms. The van der Waals surface area contributed by atoms with E-state index >= 15 is 0 Å². The maximum absolute atomic E-state index is 9.44. The second kappa shape index (κ2) is 9.45. The molecule has 2 N–H and O–H groups in total. The van der Waals surface area contributed by atoms with Gasteiger partial charge in [-0.3, -0.25) is 4.99 Å². The maximum Gasteiger partial charge on any atom is 0.193 e. The van der Waals surface area contributed by atoms with Crippen LogP contribution in [0.3, 0.4) is 0 Å². The van der Waals surface area contributed by atoms with E-state index in [0.29, 0.717) is 6.10 Å². The monoisotopic (exact) mass is 327 g/mol. The summed E-state index contributed by atoms with van der Waals surface area (Å²) in [5.41, 5.74) is 0.0729. The Morgan fingerprint density at radius 1 is 1.30 bits per heavy atom. The SMILES string of the molecule is CCNC(=NCC1(CO)CC1)N1CCC(OCCCOC)CC1. The molecule has 6 heteroatoms. The molecule has 2 fully saturated rings. The standard InChI is InChI=1S/C17H33N3O3/c1-3-18-16(19-13-17(14-21)7-8-17)20-9-5-15(6-10-20)23-12-4-11-22-2/h15,21H,3-14H2,1-2H3,(H,18,19). The fourth-order valence-corrected chi connectivity index (χ4v) is 2.90. The number of guanidine groups is 1. The number of aliphatic hydroxyl groups is 1. The molecule has 1 aliphatic heterocycles. The Labute approximate surface area is 140 Å². The minimum atomic E-state index is 0.0729. The predicted octanol–water partition coefficient (Wildman–Crippen LogP) is 1.24. The fraction of sp³-hybridized carbons (Fsp3) is 0.941. The van der Waals surface area contributed by atoms with Crippen LogP contribution < -0.4 is 5.32 Å². The Balaban J connectivity index is 1.75. The number of nitrogens with zero attached hydrogens (tertiary/aromatic N) is 2. The first-order valence-corrected chi connectivity index (χ1v) is 8.97. The normalized spacial score (nSPS) is 21.5. The molecule has 0 amide bonds. The van der Waals surface area contributed by atoms with Gasteiger partial charge < -0.3 is 24.8 Å². The van der Waals surface area contributed by atoms with E-state index in [0.717, 1.165) is 77.5 Å². The van der Waals surface area contributed by atoms with Crippen LogP contribution in [0.1, 0.15) is 39.0 Å². The van der Waals surface area contributed by atoms with Crippen molar-refractivity contribution in [2.45, 2.75) is 45.1 Å². The van der Waals surface area contributed by atoms with Gasteiger partial charge in [0, 0.05) is 45.4 Å². The first-order chi connectivity index (χ1) is 11.2. The third-order valence-electron chi connectivity index (χ3n) is 4.78. The largest absolute Gasteiger partial charge is 0.396 e. The lowest BCUT2D eigenvalue weighted by atomic mass is 10.1. The lowest BCUT2D eigenvalue weighted by Crippen LogP contribution is -2.47. The van der Waals surface area contributed by atoms with Crippen molar-refractivity contribution in [3.8, 4) is 0 Å². The van der Waals surface area contributed by atoms with Gasteiger partial charge in [0.05, 0.1) is 19.3 Å². The van der Waals surface area contributed by atoms with Crippen molar-refractivity contribution in [3.63, 3.8) is 0 Å². The third-order valence-corrected chi connectivity index (χ3v) is 4.78. The predicted molar refractivity (Wildman–Crippen MR) is 91.8 cm³/mol. The highest BCUT2D eigenvalue weighted by Crippen LogP contribution is 2.45. The van der Waals surface area contributed by atoms with Gasteiger partial charge in [0.1, 0.15) is 0 Å². The van der Waals surface area contributed by atoms with Crippen molar-refractivity contribution in [1.29, 1.82) is 0 Å². The average molecular weight is 327 g/mol. The zero-order valence-corrected chi connectivity index (χ0v) is 14.7. The molecule has 2 rings (SSSR count). The number of aliphatic hydroxyl groups excluding tert-OH is 1. The van der Waals surface area contributed by atoms with E-state index in [1.54, 1.807) is 7.11 Å². The topological polar surface area (TPSA) is 66.3 Å². The lowest BCUT2D eigenvalue weighted by molar-refractivity contribution is 0.00988. The van der Waals surface area contributed by atoms with Crippen LogP contribution in [-0.2, 0) is 9.47 Å². The number of ether oxygens (including phenoxy) is 2. The molecule has 0 spiro atoms. The summed E-state index contributed by atoms with van der Waals surface area (Å²) in [6, 6.07) is 0. The molecule has 23 heavy (non-hydrogen) atoms. The Bertz CT molecular complexity index is 364. The third kappa shape index (κ3) is 5.94. The van der Waals surface area contributed by atoms with E-state index in [-0.39, 0.29) is 12.0 Å². The zero-order valence-electron chi connectivity index (χ0n) is 14.7. The molecule has 0 atom stereocenters. The van der Waals surface area contributed by atoms with Gasteiger partial charge in [0.2, 0.25) is 0 Å². The number of nitrogens with one attached hydrogen (secondary N) is 1. The number of aliphatic imine (C=N–C) groups is 1. The summed E-state index contributed by atoms with van der Waals surface area (Å²) in [6.45, 7) is 7.47. The highest BCUT2D eigenvalue weighted by Gasteiger charge is 2.42. The van der Waals surface area contributed by atoms with Crippen molar-refractivity contribution < 1.29 is 14.6 Å². The summed E-state index contributed by atoms with van der Waals surface area (Å²) in [4.78, 5) is 7.09. The number of likely N-dealkylation sites (tertiary alicyclic amines) is 1. The van der Waals surface area contributed by atoms with Crippen LogP contribution in [0.2, 0.25) is 0 Å². The van der Waals surface area contributed by atoms with Gasteiger partial charge in [-0.15, -0.1) is 0 Å². The summed E-state index contributed by atoms with van der Waals surface area (Å²) in [5, 5.41) is 12.8. The zero-order chi connectivity index (χ0) is 16.5. The Hall–Kier alpha value is -0.850. The smallest absolute Gasteiger partial charge is 0.193 e. The van der Waals surface area contributed by atoms with E-state index in [1.807, 2.05) is 0 Å². The van der Waals surface area contributed by atoms with Gasteiger partial charge in [-0.1, -0.05) is 0 Å². The van der Waals surface area contributed by atoms with Gasteiger partial charge in [-0.25, -0.2) is 0 Å². The molecule has 0 aromatic carbocycles. The summed E-state index contributed by atoms with van der Waals surface area (Å²) in [7, 11) is 1.72. The summed E-state index contributed by atoms with van der Waals surface area (Å²) >= 11 is 0. The van der Waals surface area contributed by atoms with Gasteiger partial charge in [0.25, 0.3) is 0 Å². The molecule has 0 aromatic heterocycles. The summed E-state index contributed by atoms with van der Waals surface area (Å²) < 4.78 is 11.0. The number of hydrogen-bond acceptors (Lipinski definition) is 4. The molecule has 1 saturated heterocycles. The van der Waals surface area contributed by atoms with Crippen LogP contribution in [0.5, 0.6) is 0 Å². The van der Waals surface area contributed by atoms with Crippen LogP contribution in [0.25, 0.3) is 0 Å². The molecule has 1 heterocycles. The molecular formula is C17H33N3O3. The van der Waals surface area contributed by atoms with E-state index in [9.17, 15) is 5.11 Å². The maximum atomic E-state index is 9.44. The molecule has 134 valence electrons. The highest BCUT2D eigenvalue weighted by molar-refractivity contribution is 5.80. The summed E-state index contributed by atoms with van der Waals surface area (Å²) in [6.07, 6.45) is 5.61. The highest BCUT2D eigenvalue weighted by atomic mass is 16.5. The lowest BCUT2D eigenvalue weighted by Gasteiger charge is -2.34. The second-order valence-electron chi connectivity index (χ2n) is 6.73. The van der Waals surface area contributed by atoms with Gasteiger partial charge in [-0.2, -0.15) is 0 Å². The van der Waals surface area contributed by atoms with Crippen LogP contribution in [0, 0.1) is 5.41 Å². The van der Waals surface area contributed by atoms with Crippen molar-refractivity contribution in [3.05, 3.63) is 0 Å². The quantitative estimate of drug-likeness (QED) is 0.379. The van der Waals surface area contributed by atoms with Gasteiger partial charge >= 0.3 is 0 Å². The number of methoxy groups -OCH3 is 1. The van der Waals surface area contributed by atoms with Crippen LogP contribution in [0.15, 0.2) is 4.99 Å². The van der Waals surface area contributed by atoms with Crippen molar-refractivity contribution in [1.82, 2.24) is 10.2 Å². The van der Waals surface area contributed by atoms with Gasteiger partial charge in [-0.05, 0) is 39.0 Å². The van der Waals surface area contributed by atoms with E-state index in [2.05, 4.69) is 17.1 Å². The molecule has 1 saturated carbocycles. The molecule has 1 aliphatic carbocycles. The number of hydrogen-bond donors (Lipinski definition) is 2. The van der Waals surface area contributed by atoms with Crippen LogP contribution in [0.4, 0.5) is 0 Å². The minimum absolute atomic E-state index is 0.0729. The Morgan fingerprint density at radius 3 is 2.61 bits per heavy atom. The summed E-state index contributed by atoms with van der Waals surface area (Å²) in [5.74, 6) is 0.991. The first kappa shape index (κ1) is 18.5. The molecule has 0 unspecified atom stereocenters. The molecule has 6 nitrogen and oxygen atoms in total. The van der Waals surface area contributed by atoms with E-state index in [4.69, 9.17) is 14.5 Å². The Kier molecular flexibility index (Phi) is 7.59. The number of piperidine rings is 1. The Morgan fingerprint density at radius 2 is 2.04 bits per heavy atom. The van der Waals surface area contributed by atoms with Crippen molar-refractivity contribution >= 4 is 5.96 Å². The van der Waals surface area contributed by atoms with Crippen molar-refractivity contribution in [2.75, 3.05) is 53.1 Å². The van der Waals surface area contributed by atoms with Crippen LogP contribution >= 0.6 is 0 Å². The fourth-order valence-electron chi connectivity index (χ4n) is 2.90.